The van der Waals surface area contributed by atoms with Crippen LogP contribution in [0.5, 0.6) is 0 Å². The minimum atomic E-state index is -4.37. The Labute approximate surface area is 242 Å². The van der Waals surface area contributed by atoms with Crippen molar-refractivity contribution in [3.8, 4) is 0 Å². The average Bonchev–Trinajstić information content (AvgIpc) is 3.51. The monoisotopic (exact) mass is 593 g/mol. The smallest absolute Gasteiger partial charge is 0.264 e. The topological polar surface area (TPSA) is 105 Å². The SMILES string of the molecule is O=C(CCc1ccc(Cn2cccn2)cc1N1CCN(C(=O)c2ccccc2)CC1)NS(=O)(=O)c1ccc(F)c(F)c1. The van der Waals surface area contributed by atoms with Gasteiger partial charge in [0, 0.05) is 56.2 Å². The summed E-state index contributed by atoms with van der Waals surface area (Å²) in [5.74, 6) is -3.31. The first-order valence-corrected chi connectivity index (χ1v) is 14.9. The number of carbonyl (C=O) groups is 2. The molecule has 2 heterocycles. The Hall–Kier alpha value is -4.58. The van der Waals surface area contributed by atoms with E-state index in [4.69, 9.17) is 0 Å². The second-order valence-electron chi connectivity index (χ2n) is 9.92. The molecule has 0 radical (unpaired) electrons. The lowest BCUT2D eigenvalue weighted by molar-refractivity contribution is -0.119. The molecule has 2 amide bonds. The molecule has 0 atom stereocenters. The van der Waals surface area contributed by atoms with Gasteiger partial charge in [-0.25, -0.2) is 21.9 Å². The quantitative estimate of drug-likeness (QED) is 0.318. The summed E-state index contributed by atoms with van der Waals surface area (Å²) >= 11 is 0. The van der Waals surface area contributed by atoms with Gasteiger partial charge in [-0.05, 0) is 60.0 Å². The maximum atomic E-state index is 13.6. The zero-order valence-electron chi connectivity index (χ0n) is 22.6. The molecule has 4 aromatic rings. The fraction of sp³-hybridized carbons (Fsp3) is 0.233. The van der Waals surface area contributed by atoms with Crippen LogP contribution in [0, 0.1) is 11.6 Å². The van der Waals surface area contributed by atoms with E-state index >= 15 is 0 Å². The molecule has 0 unspecified atom stereocenters. The van der Waals surface area contributed by atoms with E-state index in [0.29, 0.717) is 50.4 Å². The number of amides is 2. The van der Waals surface area contributed by atoms with Crippen LogP contribution in [0.4, 0.5) is 14.5 Å². The van der Waals surface area contributed by atoms with Crippen LogP contribution in [0.1, 0.15) is 27.9 Å². The van der Waals surface area contributed by atoms with Gasteiger partial charge in [-0.15, -0.1) is 0 Å². The third kappa shape index (κ3) is 6.82. The van der Waals surface area contributed by atoms with E-state index in [1.165, 1.54) is 0 Å². The Morgan fingerprint density at radius 3 is 2.33 bits per heavy atom. The lowest BCUT2D eigenvalue weighted by Gasteiger charge is -2.37. The first-order chi connectivity index (χ1) is 20.2. The molecule has 0 spiro atoms. The molecule has 3 aromatic carbocycles. The molecular weight excluding hydrogens is 564 g/mol. The first kappa shape index (κ1) is 28.9. The van der Waals surface area contributed by atoms with Gasteiger partial charge in [0.1, 0.15) is 0 Å². The number of nitrogens with one attached hydrogen (secondary N) is 1. The summed E-state index contributed by atoms with van der Waals surface area (Å²) in [5.41, 5.74) is 3.35. The van der Waals surface area contributed by atoms with Crippen molar-refractivity contribution in [3.63, 3.8) is 0 Å². The maximum Gasteiger partial charge on any atom is 0.264 e. The summed E-state index contributed by atoms with van der Waals surface area (Å²) in [5, 5.41) is 4.27. The van der Waals surface area contributed by atoms with Gasteiger partial charge in [-0.1, -0.05) is 30.3 Å². The first-order valence-electron chi connectivity index (χ1n) is 13.4. The average molecular weight is 594 g/mol. The largest absolute Gasteiger partial charge is 0.368 e. The van der Waals surface area contributed by atoms with Crippen LogP contribution in [-0.4, -0.2) is 61.1 Å². The summed E-state index contributed by atoms with van der Waals surface area (Å²) in [7, 11) is -4.37. The van der Waals surface area contributed by atoms with E-state index in [2.05, 4.69) is 10.00 Å². The number of rotatable bonds is 9. The minimum Gasteiger partial charge on any atom is -0.368 e. The molecule has 1 aliphatic heterocycles. The van der Waals surface area contributed by atoms with Gasteiger partial charge in [0.25, 0.3) is 15.9 Å². The number of aromatic nitrogens is 2. The second-order valence-corrected chi connectivity index (χ2v) is 11.6. The highest BCUT2D eigenvalue weighted by molar-refractivity contribution is 7.90. The Balaban J connectivity index is 1.29. The van der Waals surface area contributed by atoms with Gasteiger partial charge in [-0.2, -0.15) is 5.10 Å². The van der Waals surface area contributed by atoms with Gasteiger partial charge < -0.3 is 9.80 Å². The Morgan fingerprint density at radius 1 is 0.881 bits per heavy atom. The molecular formula is C30H29F2N5O4S. The Bertz CT molecular complexity index is 1670. The van der Waals surface area contributed by atoms with Crippen molar-refractivity contribution in [2.45, 2.75) is 24.3 Å². The third-order valence-corrected chi connectivity index (χ3v) is 8.42. The predicted octanol–water partition coefficient (Wildman–Crippen LogP) is 3.61. The molecule has 218 valence electrons. The summed E-state index contributed by atoms with van der Waals surface area (Å²) in [6.45, 7) is 2.73. The molecule has 1 fully saturated rings. The lowest BCUT2D eigenvalue weighted by atomic mass is 10.0. The molecule has 12 heteroatoms. The summed E-state index contributed by atoms with van der Waals surface area (Å²) < 4.78 is 55.6. The number of piperazine rings is 1. The van der Waals surface area contributed by atoms with Gasteiger partial charge in [-0.3, -0.25) is 14.3 Å². The summed E-state index contributed by atoms with van der Waals surface area (Å²) in [4.78, 5) is 29.0. The number of anilines is 1. The zero-order valence-corrected chi connectivity index (χ0v) is 23.4. The summed E-state index contributed by atoms with van der Waals surface area (Å²) in [6, 6.07) is 19.0. The highest BCUT2D eigenvalue weighted by atomic mass is 32.2. The van der Waals surface area contributed by atoms with E-state index in [1.54, 1.807) is 23.0 Å². The fourth-order valence-corrected chi connectivity index (χ4v) is 5.89. The van der Waals surface area contributed by atoms with E-state index in [0.717, 1.165) is 22.9 Å². The Kier molecular flexibility index (Phi) is 8.62. The van der Waals surface area contributed by atoms with Crippen LogP contribution in [0.25, 0.3) is 0 Å². The number of carbonyl (C=O) groups excluding carboxylic acids is 2. The van der Waals surface area contributed by atoms with E-state index < -0.39 is 32.5 Å². The number of benzene rings is 3. The van der Waals surface area contributed by atoms with Crippen molar-refractivity contribution >= 4 is 27.5 Å². The van der Waals surface area contributed by atoms with E-state index in [1.807, 2.05) is 58.3 Å². The van der Waals surface area contributed by atoms with Crippen LogP contribution in [0.2, 0.25) is 0 Å². The fourth-order valence-electron chi connectivity index (χ4n) is 4.86. The molecule has 5 rings (SSSR count). The molecule has 0 aliphatic carbocycles. The van der Waals surface area contributed by atoms with Crippen molar-refractivity contribution in [2.75, 3.05) is 31.1 Å². The highest BCUT2D eigenvalue weighted by Gasteiger charge is 2.25. The molecule has 1 aliphatic rings. The van der Waals surface area contributed by atoms with Crippen LogP contribution in [0.3, 0.4) is 0 Å². The van der Waals surface area contributed by atoms with Crippen LogP contribution in [-0.2, 0) is 27.8 Å². The maximum absolute atomic E-state index is 13.6. The van der Waals surface area contributed by atoms with Crippen molar-refractivity contribution in [1.82, 2.24) is 19.4 Å². The molecule has 1 saturated heterocycles. The van der Waals surface area contributed by atoms with Gasteiger partial charge in [0.2, 0.25) is 5.91 Å². The van der Waals surface area contributed by atoms with Gasteiger partial charge in [0.05, 0.1) is 11.4 Å². The molecule has 42 heavy (non-hydrogen) atoms. The molecule has 0 bridgehead atoms. The lowest BCUT2D eigenvalue weighted by Crippen LogP contribution is -2.49. The van der Waals surface area contributed by atoms with Gasteiger partial charge >= 0.3 is 0 Å². The van der Waals surface area contributed by atoms with Crippen molar-refractivity contribution in [3.05, 3.63) is 114 Å². The van der Waals surface area contributed by atoms with E-state index in [-0.39, 0.29) is 18.7 Å². The van der Waals surface area contributed by atoms with Crippen molar-refractivity contribution < 1.29 is 26.8 Å². The normalized spacial score (nSPS) is 13.7. The summed E-state index contributed by atoms with van der Waals surface area (Å²) in [6.07, 6.45) is 3.64. The van der Waals surface area contributed by atoms with Crippen molar-refractivity contribution in [2.24, 2.45) is 0 Å². The van der Waals surface area contributed by atoms with Crippen molar-refractivity contribution in [1.29, 1.82) is 0 Å². The zero-order chi connectivity index (χ0) is 29.7. The number of hydrogen-bond acceptors (Lipinski definition) is 6. The molecule has 9 nitrogen and oxygen atoms in total. The molecule has 1 aromatic heterocycles. The van der Waals surface area contributed by atoms with E-state index in [9.17, 15) is 26.8 Å². The number of hydrogen-bond donors (Lipinski definition) is 1. The molecule has 1 N–H and O–H groups in total. The number of aryl methyl sites for hydroxylation is 1. The number of sulfonamides is 1. The van der Waals surface area contributed by atoms with Gasteiger partial charge in [0.15, 0.2) is 11.6 Å². The number of halogens is 2. The van der Waals surface area contributed by atoms with Crippen LogP contribution in [0.15, 0.2) is 90.1 Å². The Morgan fingerprint density at radius 2 is 1.64 bits per heavy atom. The second kappa shape index (κ2) is 12.5. The highest BCUT2D eigenvalue weighted by Crippen LogP contribution is 2.26. The number of nitrogens with zero attached hydrogens (tertiary/aromatic N) is 4. The van der Waals surface area contributed by atoms with Crippen LogP contribution >= 0.6 is 0 Å². The standard InChI is InChI=1S/C30H29F2N5O4S/c31-26-11-10-25(20-27(26)32)42(40,41)34-29(38)12-9-23-8-7-22(21-37-14-4-13-33-37)19-28(23)35-15-17-36(18-16-35)30(39)24-5-2-1-3-6-24/h1-8,10-11,13-14,19-20H,9,12,15-18,21H2,(H,34,38). The minimum absolute atomic E-state index is 0.0261. The van der Waals surface area contributed by atoms with Crippen LogP contribution < -0.4 is 9.62 Å². The third-order valence-electron chi connectivity index (χ3n) is 7.05. The molecule has 0 saturated carbocycles. The predicted molar refractivity (Wildman–Crippen MR) is 152 cm³/mol.